The molecule has 0 amide bonds. The number of hydrogen-bond donors (Lipinski definition) is 1. The number of aryl methyl sites for hydroxylation is 1. The van der Waals surface area contributed by atoms with Gasteiger partial charge in [-0.25, -0.2) is 0 Å². The maximum atomic E-state index is 4.46. The molecule has 0 fully saturated rings. The van der Waals surface area contributed by atoms with Gasteiger partial charge in [-0.15, -0.1) is 0 Å². The Morgan fingerprint density at radius 2 is 2.43 bits per heavy atom. The third-order valence-corrected chi connectivity index (χ3v) is 0.567. The van der Waals surface area contributed by atoms with E-state index >= 15 is 0 Å². The predicted molar refractivity (Wildman–Crippen MR) is 26.3 cm³/mol. The Morgan fingerprint density at radius 3 is 2.57 bits per heavy atom. The largest absolute Gasteiger partial charge is 0.365 e. The quantitative estimate of drug-likeness (QED) is 0.531. The van der Waals surface area contributed by atoms with Crippen LogP contribution in [-0.2, 0) is 0 Å². The molecule has 0 aliphatic carbocycles. The first kappa shape index (κ1) is 6.17. The fourth-order valence-electron chi connectivity index (χ4n) is 0.273. The van der Waals surface area contributed by atoms with Crippen molar-refractivity contribution < 1.29 is 4.52 Å². The second-order valence-corrected chi connectivity index (χ2v) is 1.14. The molecule has 7 heavy (non-hydrogen) atoms. The molecule has 1 aromatic heterocycles. The Kier molecular flexibility index (Phi) is 2.08. The molecule has 40 valence electrons. The highest BCUT2D eigenvalue weighted by Gasteiger charge is 1.77. The first-order valence-corrected chi connectivity index (χ1v) is 1.76. The van der Waals surface area contributed by atoms with Crippen LogP contribution >= 0.6 is 0 Å². The zero-order valence-electron chi connectivity index (χ0n) is 4.22. The van der Waals surface area contributed by atoms with E-state index < -0.39 is 0 Å². The monoisotopic (exact) mass is 100 g/mol. The average Bonchev–Trinajstić information content (AvgIpc) is 1.86. The van der Waals surface area contributed by atoms with Crippen molar-refractivity contribution >= 4 is 0 Å². The molecule has 0 spiro atoms. The van der Waals surface area contributed by atoms with Gasteiger partial charge in [-0.2, -0.15) is 0 Å². The summed E-state index contributed by atoms with van der Waals surface area (Å²) in [6.45, 7) is 1.88. The lowest BCUT2D eigenvalue weighted by molar-refractivity contribution is 0.415. The standard InChI is InChI=1S/C4H5NO.H3N/c1-4-2-3-6-5-4;/h2-3H,1H3;1H3. The van der Waals surface area contributed by atoms with Gasteiger partial charge in [0, 0.05) is 6.07 Å². The zero-order chi connectivity index (χ0) is 4.41. The molecule has 0 aliphatic heterocycles. The van der Waals surface area contributed by atoms with Gasteiger partial charge in [-0.05, 0) is 6.92 Å². The van der Waals surface area contributed by atoms with Crippen LogP contribution in [0.1, 0.15) is 5.69 Å². The second kappa shape index (κ2) is 2.36. The van der Waals surface area contributed by atoms with Gasteiger partial charge in [-0.1, -0.05) is 5.16 Å². The lowest BCUT2D eigenvalue weighted by atomic mass is 10.5. The van der Waals surface area contributed by atoms with Crippen molar-refractivity contribution in [1.82, 2.24) is 11.3 Å². The van der Waals surface area contributed by atoms with Crippen LogP contribution in [0.2, 0.25) is 0 Å². The molecule has 3 N–H and O–H groups in total. The van der Waals surface area contributed by atoms with Gasteiger partial charge in [0.05, 0.1) is 5.69 Å². The van der Waals surface area contributed by atoms with Crippen molar-refractivity contribution in [2.75, 3.05) is 0 Å². The fraction of sp³-hybridized carbons (Fsp3) is 0.250. The van der Waals surface area contributed by atoms with Gasteiger partial charge in [0.15, 0.2) is 0 Å². The van der Waals surface area contributed by atoms with Gasteiger partial charge in [0.25, 0.3) is 0 Å². The summed E-state index contributed by atoms with van der Waals surface area (Å²) < 4.78 is 4.46. The maximum absolute atomic E-state index is 4.46. The molecule has 0 bridgehead atoms. The highest BCUT2D eigenvalue weighted by atomic mass is 16.5. The van der Waals surface area contributed by atoms with E-state index in [0.29, 0.717) is 0 Å². The van der Waals surface area contributed by atoms with Gasteiger partial charge in [-0.3, -0.25) is 0 Å². The second-order valence-electron chi connectivity index (χ2n) is 1.14. The normalized spacial score (nSPS) is 7.57. The van der Waals surface area contributed by atoms with Gasteiger partial charge < -0.3 is 10.7 Å². The topological polar surface area (TPSA) is 61.0 Å². The Bertz CT molecular complexity index is 113. The van der Waals surface area contributed by atoms with E-state index in [1.165, 1.54) is 0 Å². The van der Waals surface area contributed by atoms with E-state index in [4.69, 9.17) is 0 Å². The zero-order valence-corrected chi connectivity index (χ0v) is 4.22. The third kappa shape index (κ3) is 1.36. The summed E-state index contributed by atoms with van der Waals surface area (Å²) in [5.41, 5.74) is 0.926. The van der Waals surface area contributed by atoms with E-state index in [9.17, 15) is 0 Å². The van der Waals surface area contributed by atoms with Crippen molar-refractivity contribution in [3.8, 4) is 0 Å². The van der Waals surface area contributed by atoms with Crippen molar-refractivity contribution in [2.24, 2.45) is 0 Å². The molecular formula is C4H8N2O. The summed E-state index contributed by atoms with van der Waals surface area (Å²) in [6, 6.07) is 1.81. The summed E-state index contributed by atoms with van der Waals surface area (Å²) in [7, 11) is 0. The minimum Gasteiger partial charge on any atom is -0.365 e. The maximum Gasteiger partial charge on any atom is 0.124 e. The molecule has 1 rings (SSSR count). The molecule has 0 saturated heterocycles. The van der Waals surface area contributed by atoms with Crippen LogP contribution in [0.3, 0.4) is 0 Å². The number of nitrogens with zero attached hydrogens (tertiary/aromatic N) is 1. The smallest absolute Gasteiger partial charge is 0.124 e. The Labute approximate surface area is 41.9 Å². The lowest BCUT2D eigenvalue weighted by Crippen LogP contribution is -1.59. The van der Waals surface area contributed by atoms with E-state index in [2.05, 4.69) is 9.68 Å². The minimum atomic E-state index is 0. The van der Waals surface area contributed by atoms with E-state index in [-0.39, 0.29) is 6.15 Å². The molecule has 0 aliphatic rings. The highest BCUT2D eigenvalue weighted by molar-refractivity contribution is 4.89. The summed E-state index contributed by atoms with van der Waals surface area (Å²) in [6.07, 6.45) is 1.55. The van der Waals surface area contributed by atoms with E-state index in [1.807, 2.05) is 6.92 Å². The van der Waals surface area contributed by atoms with Crippen LogP contribution in [0.25, 0.3) is 0 Å². The summed E-state index contributed by atoms with van der Waals surface area (Å²) in [4.78, 5) is 0. The first-order chi connectivity index (χ1) is 2.89. The van der Waals surface area contributed by atoms with Crippen LogP contribution in [0.15, 0.2) is 16.9 Å². The molecule has 1 aromatic rings. The Balaban J connectivity index is 0.000000360. The average molecular weight is 100 g/mol. The molecule has 0 unspecified atom stereocenters. The van der Waals surface area contributed by atoms with Crippen LogP contribution in [0.5, 0.6) is 0 Å². The van der Waals surface area contributed by atoms with Crippen molar-refractivity contribution in [3.05, 3.63) is 18.0 Å². The number of aromatic nitrogens is 1. The SMILES string of the molecule is Cc1ccon1.N. The van der Waals surface area contributed by atoms with Crippen molar-refractivity contribution in [2.45, 2.75) is 6.92 Å². The molecule has 3 heteroatoms. The summed E-state index contributed by atoms with van der Waals surface area (Å²) >= 11 is 0. The van der Waals surface area contributed by atoms with Crippen molar-refractivity contribution in [3.63, 3.8) is 0 Å². The molecule has 0 aromatic carbocycles. The fourth-order valence-corrected chi connectivity index (χ4v) is 0.273. The molecule has 0 radical (unpaired) electrons. The van der Waals surface area contributed by atoms with E-state index in [1.54, 1.807) is 12.3 Å². The van der Waals surface area contributed by atoms with Crippen LogP contribution in [0.4, 0.5) is 0 Å². The Morgan fingerprint density at radius 1 is 1.71 bits per heavy atom. The van der Waals surface area contributed by atoms with Crippen molar-refractivity contribution in [1.29, 1.82) is 0 Å². The van der Waals surface area contributed by atoms with Gasteiger partial charge >= 0.3 is 0 Å². The third-order valence-electron chi connectivity index (χ3n) is 0.567. The summed E-state index contributed by atoms with van der Waals surface area (Å²) in [5, 5.41) is 3.54. The predicted octanol–water partition coefficient (Wildman–Crippen LogP) is 1.15. The molecule has 3 nitrogen and oxygen atoms in total. The van der Waals surface area contributed by atoms with Gasteiger partial charge in [0.2, 0.25) is 0 Å². The van der Waals surface area contributed by atoms with Crippen LogP contribution < -0.4 is 6.15 Å². The number of rotatable bonds is 0. The van der Waals surface area contributed by atoms with E-state index in [0.717, 1.165) is 5.69 Å². The van der Waals surface area contributed by atoms with Crippen LogP contribution in [0, 0.1) is 6.92 Å². The Hall–Kier alpha value is -0.830. The molecule has 1 heterocycles. The molecular weight excluding hydrogens is 92.1 g/mol. The lowest BCUT2D eigenvalue weighted by Gasteiger charge is -1.62. The van der Waals surface area contributed by atoms with Gasteiger partial charge in [0.1, 0.15) is 6.26 Å². The minimum absolute atomic E-state index is 0. The highest BCUT2D eigenvalue weighted by Crippen LogP contribution is 1.86. The first-order valence-electron chi connectivity index (χ1n) is 1.76. The van der Waals surface area contributed by atoms with Crippen LogP contribution in [-0.4, -0.2) is 5.16 Å². The summed E-state index contributed by atoms with van der Waals surface area (Å²) in [5.74, 6) is 0. The molecule has 0 atom stereocenters. The molecule has 0 saturated carbocycles. The number of hydrogen-bond acceptors (Lipinski definition) is 3.